The molecule has 27 heavy (non-hydrogen) atoms. The number of nitrogens with zero attached hydrogens (tertiary/aromatic N) is 3. The maximum Gasteiger partial charge on any atom is 0.293 e. The number of rotatable bonds is 6. The van der Waals surface area contributed by atoms with Gasteiger partial charge in [-0.05, 0) is 30.7 Å². The lowest BCUT2D eigenvalue weighted by Crippen LogP contribution is -2.16. The molecule has 138 valence electrons. The third-order valence-electron chi connectivity index (χ3n) is 3.74. The second-order valence-electron chi connectivity index (χ2n) is 5.62. The molecule has 3 rings (SSSR count). The number of hydrogen-bond acceptors (Lipinski definition) is 5. The Balaban J connectivity index is 1.72. The van der Waals surface area contributed by atoms with E-state index in [1.54, 1.807) is 48.1 Å². The van der Waals surface area contributed by atoms with Gasteiger partial charge in [0.05, 0.1) is 16.4 Å². The summed E-state index contributed by atoms with van der Waals surface area (Å²) in [5.41, 5.74) is 1.21. The second-order valence-corrected chi connectivity index (χ2v) is 6.57. The van der Waals surface area contributed by atoms with Crippen LogP contribution in [-0.2, 0) is 4.79 Å². The monoisotopic (exact) mass is 386 g/mol. The first-order chi connectivity index (χ1) is 13.0. The molecule has 0 saturated heterocycles. The summed E-state index contributed by atoms with van der Waals surface area (Å²) in [6, 6.07) is 10.6. The first kappa shape index (κ1) is 18.6. The molecular formula is C18H15FN4O3S. The highest BCUT2D eigenvalue weighted by Crippen LogP contribution is 2.28. The predicted molar refractivity (Wildman–Crippen MR) is 101 cm³/mol. The van der Waals surface area contributed by atoms with Crippen LogP contribution in [0.2, 0.25) is 0 Å². The van der Waals surface area contributed by atoms with Crippen molar-refractivity contribution in [3.63, 3.8) is 0 Å². The molecule has 1 amide bonds. The van der Waals surface area contributed by atoms with Gasteiger partial charge in [-0.2, -0.15) is 0 Å². The molecule has 7 nitrogen and oxygen atoms in total. The molecule has 0 bridgehead atoms. The van der Waals surface area contributed by atoms with Crippen molar-refractivity contribution in [2.75, 3.05) is 11.1 Å². The maximum atomic E-state index is 13.4. The van der Waals surface area contributed by atoms with E-state index < -0.39 is 10.8 Å². The van der Waals surface area contributed by atoms with Gasteiger partial charge in [-0.25, -0.2) is 9.37 Å². The lowest BCUT2D eigenvalue weighted by atomic mass is 10.1. The number of halogens is 1. The van der Waals surface area contributed by atoms with E-state index in [4.69, 9.17) is 0 Å². The molecule has 3 aromatic rings. The second kappa shape index (κ2) is 8.00. The number of thioether (sulfide) groups is 1. The van der Waals surface area contributed by atoms with Crippen LogP contribution in [0.3, 0.4) is 0 Å². The topological polar surface area (TPSA) is 90.1 Å². The lowest BCUT2D eigenvalue weighted by Gasteiger charge is -2.10. The average molecular weight is 386 g/mol. The van der Waals surface area contributed by atoms with E-state index in [9.17, 15) is 19.3 Å². The molecule has 0 spiro atoms. The van der Waals surface area contributed by atoms with Crippen LogP contribution in [0.4, 0.5) is 15.8 Å². The molecule has 0 aliphatic heterocycles. The minimum Gasteiger partial charge on any atom is -0.319 e. The van der Waals surface area contributed by atoms with Crippen LogP contribution >= 0.6 is 11.8 Å². The molecule has 0 unspecified atom stereocenters. The van der Waals surface area contributed by atoms with Gasteiger partial charge >= 0.3 is 0 Å². The van der Waals surface area contributed by atoms with E-state index >= 15 is 0 Å². The standard InChI is InChI=1S/C18H15FN4O3S/c1-12-4-2-7-15(23(25)26)17(12)21-16(24)11-27-18-20-8-9-22(18)14-6-3-5-13(19)10-14/h2-10H,11H2,1H3,(H,21,24). The van der Waals surface area contributed by atoms with Gasteiger partial charge in [-0.1, -0.05) is 30.0 Å². The average Bonchev–Trinajstić information content (AvgIpc) is 3.10. The van der Waals surface area contributed by atoms with Gasteiger partial charge < -0.3 is 5.32 Å². The fourth-order valence-corrected chi connectivity index (χ4v) is 3.26. The minimum absolute atomic E-state index is 0.00217. The predicted octanol–water partition coefficient (Wildman–Crippen LogP) is 3.96. The molecule has 0 saturated carbocycles. The van der Waals surface area contributed by atoms with Gasteiger partial charge in [0.1, 0.15) is 11.5 Å². The van der Waals surface area contributed by atoms with Gasteiger partial charge in [0, 0.05) is 18.5 Å². The number of nitrogens with one attached hydrogen (secondary N) is 1. The van der Waals surface area contributed by atoms with Crippen LogP contribution in [0.5, 0.6) is 0 Å². The largest absolute Gasteiger partial charge is 0.319 e. The van der Waals surface area contributed by atoms with Crippen molar-refractivity contribution in [3.05, 3.63) is 76.4 Å². The fourth-order valence-electron chi connectivity index (χ4n) is 2.49. The summed E-state index contributed by atoms with van der Waals surface area (Å²) in [4.78, 5) is 27.1. The summed E-state index contributed by atoms with van der Waals surface area (Å²) in [5, 5.41) is 14.2. The number of anilines is 1. The Labute approximate surface area is 158 Å². The Morgan fingerprint density at radius 2 is 2.11 bits per heavy atom. The van der Waals surface area contributed by atoms with Crippen LogP contribution in [0.25, 0.3) is 5.69 Å². The number of benzene rings is 2. The van der Waals surface area contributed by atoms with Crippen molar-refractivity contribution >= 4 is 29.0 Å². The van der Waals surface area contributed by atoms with Crippen LogP contribution in [0.15, 0.2) is 60.0 Å². The highest BCUT2D eigenvalue weighted by Gasteiger charge is 2.18. The highest BCUT2D eigenvalue weighted by molar-refractivity contribution is 7.99. The zero-order valence-electron chi connectivity index (χ0n) is 14.3. The van der Waals surface area contributed by atoms with Crippen LogP contribution in [0, 0.1) is 22.9 Å². The zero-order valence-corrected chi connectivity index (χ0v) is 15.1. The minimum atomic E-state index is -0.535. The molecular weight excluding hydrogens is 371 g/mol. The third-order valence-corrected chi connectivity index (χ3v) is 4.70. The lowest BCUT2D eigenvalue weighted by molar-refractivity contribution is -0.384. The number of amides is 1. The summed E-state index contributed by atoms with van der Waals surface area (Å²) >= 11 is 1.15. The number of para-hydroxylation sites is 1. The number of aromatic nitrogens is 2. The molecule has 0 fully saturated rings. The first-order valence-electron chi connectivity index (χ1n) is 7.91. The van der Waals surface area contributed by atoms with Gasteiger partial charge in [-0.15, -0.1) is 0 Å². The molecule has 2 aromatic carbocycles. The van der Waals surface area contributed by atoms with Gasteiger partial charge in [-0.3, -0.25) is 19.5 Å². The van der Waals surface area contributed by atoms with Crippen LogP contribution < -0.4 is 5.32 Å². The van der Waals surface area contributed by atoms with E-state index in [1.807, 2.05) is 0 Å². The van der Waals surface area contributed by atoms with E-state index in [0.717, 1.165) is 11.8 Å². The van der Waals surface area contributed by atoms with Crippen molar-refractivity contribution in [2.45, 2.75) is 12.1 Å². The molecule has 1 aromatic heterocycles. The van der Waals surface area contributed by atoms with Gasteiger partial charge in [0.25, 0.3) is 5.69 Å². The number of carbonyl (C=O) groups is 1. The van der Waals surface area contributed by atoms with Crippen LogP contribution in [0.1, 0.15) is 5.56 Å². The van der Waals surface area contributed by atoms with E-state index in [1.165, 1.54) is 18.2 Å². The van der Waals surface area contributed by atoms with Crippen molar-refractivity contribution in [1.29, 1.82) is 0 Å². The third kappa shape index (κ3) is 4.32. The molecule has 9 heteroatoms. The number of aryl methyl sites for hydroxylation is 1. The van der Waals surface area contributed by atoms with Crippen molar-refractivity contribution in [1.82, 2.24) is 9.55 Å². The molecule has 0 aliphatic rings. The maximum absolute atomic E-state index is 13.4. The van der Waals surface area contributed by atoms with Crippen molar-refractivity contribution in [3.8, 4) is 5.69 Å². The van der Waals surface area contributed by atoms with Gasteiger partial charge in [0.2, 0.25) is 5.91 Å². The Morgan fingerprint density at radius 1 is 1.33 bits per heavy atom. The smallest absolute Gasteiger partial charge is 0.293 e. The van der Waals surface area contributed by atoms with Gasteiger partial charge in [0.15, 0.2) is 5.16 Å². The molecule has 1 N–H and O–H groups in total. The molecule has 0 aliphatic carbocycles. The quantitative estimate of drug-likeness (QED) is 0.393. The molecule has 0 atom stereocenters. The Kier molecular flexibility index (Phi) is 5.51. The SMILES string of the molecule is Cc1cccc([N+](=O)[O-])c1NC(=O)CSc1nccn1-c1cccc(F)c1. The summed E-state index contributed by atoms with van der Waals surface area (Å²) in [6.07, 6.45) is 3.22. The summed E-state index contributed by atoms with van der Waals surface area (Å²) in [5.74, 6) is -0.773. The fraction of sp³-hybridized carbons (Fsp3) is 0.111. The van der Waals surface area contributed by atoms with E-state index in [2.05, 4.69) is 10.3 Å². The molecule has 1 heterocycles. The Bertz CT molecular complexity index is 1010. The number of carbonyl (C=O) groups excluding carboxylic acids is 1. The first-order valence-corrected chi connectivity index (χ1v) is 8.90. The van der Waals surface area contributed by atoms with E-state index in [0.29, 0.717) is 16.4 Å². The summed E-state index contributed by atoms with van der Waals surface area (Å²) in [6.45, 7) is 1.69. The van der Waals surface area contributed by atoms with Crippen molar-refractivity contribution < 1.29 is 14.1 Å². The van der Waals surface area contributed by atoms with Crippen LogP contribution in [-0.4, -0.2) is 26.1 Å². The number of hydrogen-bond donors (Lipinski definition) is 1. The number of nitro groups is 1. The molecule has 0 radical (unpaired) electrons. The van der Waals surface area contributed by atoms with Crippen molar-refractivity contribution in [2.24, 2.45) is 0 Å². The normalized spacial score (nSPS) is 10.6. The summed E-state index contributed by atoms with van der Waals surface area (Å²) < 4.78 is 15.1. The number of nitro benzene ring substituents is 1. The highest BCUT2D eigenvalue weighted by atomic mass is 32.2. The summed E-state index contributed by atoms with van der Waals surface area (Å²) in [7, 11) is 0. The Hall–Kier alpha value is -3.20. The zero-order chi connectivity index (χ0) is 19.4. The van der Waals surface area contributed by atoms with E-state index in [-0.39, 0.29) is 22.9 Å². The number of imidazole rings is 1. The Morgan fingerprint density at radius 3 is 2.85 bits per heavy atom.